The predicted molar refractivity (Wildman–Crippen MR) is 92.4 cm³/mol. The molecule has 8 heteroatoms. The van der Waals surface area contributed by atoms with Crippen LogP contribution in [-0.2, 0) is 11.3 Å². The van der Waals surface area contributed by atoms with Crippen LogP contribution < -0.4 is 15.8 Å². The summed E-state index contributed by atoms with van der Waals surface area (Å²) in [5.74, 6) is 0.680. The minimum atomic E-state index is -0.287. The highest BCUT2D eigenvalue weighted by atomic mass is 35.5. The number of carbonyl (C=O) groups is 2. The first-order valence-corrected chi connectivity index (χ1v) is 7.01. The third-order valence-corrected chi connectivity index (χ3v) is 3.09. The fourth-order valence-corrected chi connectivity index (χ4v) is 1.72. The number of amides is 2. The average Bonchev–Trinajstić information content (AvgIpc) is 3.03. The van der Waals surface area contributed by atoms with Gasteiger partial charge < -0.3 is 25.1 Å². The minimum Gasteiger partial charge on any atom is -0.484 e. The molecule has 0 atom stereocenters. The summed E-state index contributed by atoms with van der Waals surface area (Å²) >= 11 is 0. The molecule has 2 amide bonds. The Balaban J connectivity index is 0.00000288. The van der Waals surface area contributed by atoms with Gasteiger partial charge in [0.05, 0.1) is 12.1 Å². The van der Waals surface area contributed by atoms with Gasteiger partial charge in [0, 0.05) is 19.8 Å². The van der Waals surface area contributed by atoms with Gasteiger partial charge in [0.2, 0.25) is 0 Å². The summed E-state index contributed by atoms with van der Waals surface area (Å²) in [6, 6.07) is 8.34. The van der Waals surface area contributed by atoms with Crippen LogP contribution in [0.5, 0.6) is 5.75 Å². The van der Waals surface area contributed by atoms with Crippen LogP contribution in [0.3, 0.4) is 0 Å². The van der Waals surface area contributed by atoms with Gasteiger partial charge in [-0.25, -0.2) is 0 Å². The smallest absolute Gasteiger partial charge is 0.259 e. The van der Waals surface area contributed by atoms with Crippen LogP contribution in [0.25, 0.3) is 0 Å². The van der Waals surface area contributed by atoms with Crippen molar-refractivity contribution in [2.45, 2.75) is 6.54 Å². The van der Waals surface area contributed by atoms with E-state index >= 15 is 0 Å². The molecule has 1 aromatic heterocycles. The maximum atomic E-state index is 12.0. The van der Waals surface area contributed by atoms with Crippen molar-refractivity contribution in [1.82, 2.24) is 4.90 Å². The highest BCUT2D eigenvalue weighted by molar-refractivity contribution is 6.04. The summed E-state index contributed by atoms with van der Waals surface area (Å²) in [5, 5.41) is 2.74. The topological polar surface area (TPSA) is 97.8 Å². The monoisotopic (exact) mass is 353 g/mol. The van der Waals surface area contributed by atoms with Gasteiger partial charge in [0.1, 0.15) is 17.8 Å². The molecular formula is C16H20ClN3O4. The molecule has 0 unspecified atom stereocenters. The van der Waals surface area contributed by atoms with Gasteiger partial charge in [0.15, 0.2) is 6.61 Å². The highest BCUT2D eigenvalue weighted by Gasteiger charge is 2.10. The molecule has 24 heavy (non-hydrogen) atoms. The van der Waals surface area contributed by atoms with Gasteiger partial charge in [-0.15, -0.1) is 12.4 Å². The molecule has 0 aliphatic heterocycles. The van der Waals surface area contributed by atoms with Crippen LogP contribution in [-0.4, -0.2) is 37.4 Å². The Labute approximate surface area is 146 Å². The van der Waals surface area contributed by atoms with Crippen molar-refractivity contribution >= 4 is 29.9 Å². The molecule has 2 aromatic rings. The lowest BCUT2D eigenvalue weighted by Crippen LogP contribution is -2.27. The van der Waals surface area contributed by atoms with Gasteiger partial charge >= 0.3 is 0 Å². The van der Waals surface area contributed by atoms with E-state index in [1.165, 1.54) is 11.2 Å². The number of likely N-dealkylation sites (N-methyl/N-ethyl adjacent to an activating group) is 1. The fraction of sp³-hybridized carbons (Fsp3) is 0.250. The molecule has 0 fully saturated rings. The maximum absolute atomic E-state index is 12.0. The van der Waals surface area contributed by atoms with Crippen LogP contribution in [0.2, 0.25) is 0 Å². The molecule has 1 aromatic carbocycles. The summed E-state index contributed by atoms with van der Waals surface area (Å²) in [7, 11) is 3.33. The van der Waals surface area contributed by atoms with Crippen LogP contribution in [0.4, 0.5) is 5.69 Å². The molecule has 7 nitrogen and oxygen atoms in total. The Morgan fingerprint density at radius 2 is 1.92 bits per heavy atom. The summed E-state index contributed by atoms with van der Waals surface area (Å²) < 4.78 is 10.5. The van der Waals surface area contributed by atoms with Crippen LogP contribution in [0.15, 0.2) is 41.0 Å². The molecule has 3 N–H and O–H groups in total. The van der Waals surface area contributed by atoms with Gasteiger partial charge in [-0.2, -0.15) is 0 Å². The minimum absolute atomic E-state index is 0. The van der Waals surface area contributed by atoms with E-state index in [1.807, 2.05) is 0 Å². The number of hydrogen-bond acceptors (Lipinski definition) is 5. The van der Waals surface area contributed by atoms with E-state index in [1.54, 1.807) is 44.4 Å². The van der Waals surface area contributed by atoms with Crippen molar-refractivity contribution < 1.29 is 18.7 Å². The van der Waals surface area contributed by atoms with Crippen LogP contribution in [0.1, 0.15) is 16.1 Å². The van der Waals surface area contributed by atoms with Gasteiger partial charge in [0.25, 0.3) is 11.8 Å². The number of furan rings is 1. The number of hydrogen-bond donors (Lipinski definition) is 2. The van der Waals surface area contributed by atoms with Crippen molar-refractivity contribution in [3.05, 3.63) is 47.9 Å². The fourth-order valence-electron chi connectivity index (χ4n) is 1.72. The third-order valence-electron chi connectivity index (χ3n) is 3.09. The third kappa shape index (κ3) is 5.29. The molecule has 1 heterocycles. The first-order valence-electron chi connectivity index (χ1n) is 7.01. The standard InChI is InChI=1S/C16H19N3O4.ClH/c1-19(2)15(20)10-23-13-5-3-12(4-6-13)18-16(21)11-7-14(8-17)22-9-11;/h3-7,9H,8,10,17H2,1-2H3,(H,18,21);1H. The summed E-state index contributed by atoms with van der Waals surface area (Å²) in [6.07, 6.45) is 1.36. The number of halogens is 1. The molecule has 0 aliphatic carbocycles. The maximum Gasteiger partial charge on any atom is 0.259 e. The van der Waals surface area contributed by atoms with E-state index in [-0.39, 0.29) is 37.4 Å². The summed E-state index contributed by atoms with van der Waals surface area (Å²) in [5.41, 5.74) is 6.45. The number of rotatable bonds is 6. The zero-order chi connectivity index (χ0) is 16.8. The quantitative estimate of drug-likeness (QED) is 0.826. The Bertz CT molecular complexity index is 683. The number of ether oxygens (including phenoxy) is 1. The highest BCUT2D eigenvalue weighted by Crippen LogP contribution is 2.17. The SMILES string of the molecule is CN(C)C(=O)COc1ccc(NC(=O)c2coc(CN)c2)cc1.Cl. The Hall–Kier alpha value is -2.51. The normalized spacial score (nSPS) is 9.79. The number of nitrogens with one attached hydrogen (secondary N) is 1. The number of nitrogens with two attached hydrogens (primary N) is 1. The van der Waals surface area contributed by atoms with E-state index in [9.17, 15) is 9.59 Å². The largest absolute Gasteiger partial charge is 0.484 e. The molecular weight excluding hydrogens is 334 g/mol. The molecule has 0 aliphatic rings. The average molecular weight is 354 g/mol. The van der Waals surface area contributed by atoms with Crippen molar-refractivity contribution in [3.8, 4) is 5.75 Å². The second kappa shape index (κ2) is 8.95. The summed E-state index contributed by atoms with van der Waals surface area (Å²) in [6.45, 7) is 0.209. The molecule has 0 radical (unpaired) electrons. The van der Waals surface area contributed by atoms with Crippen molar-refractivity contribution in [1.29, 1.82) is 0 Å². The van der Waals surface area contributed by atoms with Crippen molar-refractivity contribution in [3.63, 3.8) is 0 Å². The van der Waals surface area contributed by atoms with Crippen LogP contribution >= 0.6 is 12.4 Å². The molecule has 130 valence electrons. The summed E-state index contributed by atoms with van der Waals surface area (Å²) in [4.78, 5) is 24.9. The first kappa shape index (κ1) is 19.5. The van der Waals surface area contributed by atoms with E-state index in [2.05, 4.69) is 5.32 Å². The first-order chi connectivity index (χ1) is 11.0. The number of carbonyl (C=O) groups excluding carboxylic acids is 2. The molecule has 0 bridgehead atoms. The van der Waals surface area contributed by atoms with E-state index in [0.717, 1.165) is 0 Å². The Morgan fingerprint density at radius 3 is 2.46 bits per heavy atom. The van der Waals surface area contributed by atoms with E-state index < -0.39 is 0 Å². The molecule has 0 saturated carbocycles. The lowest BCUT2D eigenvalue weighted by Gasteiger charge is -2.11. The Morgan fingerprint density at radius 1 is 1.25 bits per heavy atom. The number of benzene rings is 1. The van der Waals surface area contributed by atoms with Crippen LogP contribution in [0, 0.1) is 0 Å². The van der Waals surface area contributed by atoms with Gasteiger partial charge in [-0.05, 0) is 30.3 Å². The van der Waals surface area contributed by atoms with E-state index in [0.29, 0.717) is 22.8 Å². The number of anilines is 1. The van der Waals surface area contributed by atoms with Crippen molar-refractivity contribution in [2.24, 2.45) is 5.73 Å². The van der Waals surface area contributed by atoms with Crippen molar-refractivity contribution in [2.75, 3.05) is 26.0 Å². The zero-order valence-electron chi connectivity index (χ0n) is 13.4. The molecule has 0 spiro atoms. The number of nitrogens with zero attached hydrogens (tertiary/aromatic N) is 1. The molecule has 0 saturated heterocycles. The second-order valence-electron chi connectivity index (χ2n) is 5.06. The van der Waals surface area contributed by atoms with E-state index in [4.69, 9.17) is 14.9 Å². The predicted octanol–water partition coefficient (Wildman–Crippen LogP) is 1.88. The lowest BCUT2D eigenvalue weighted by atomic mass is 10.2. The zero-order valence-corrected chi connectivity index (χ0v) is 14.3. The second-order valence-corrected chi connectivity index (χ2v) is 5.06. The van der Waals surface area contributed by atoms with Gasteiger partial charge in [-0.3, -0.25) is 9.59 Å². The Kier molecular flexibility index (Phi) is 7.29. The lowest BCUT2D eigenvalue weighted by molar-refractivity contribution is -0.130. The molecule has 2 rings (SSSR count). The van der Waals surface area contributed by atoms with Gasteiger partial charge in [-0.1, -0.05) is 0 Å².